The molecule has 0 unspecified atom stereocenters. The van der Waals surface area contributed by atoms with Gasteiger partial charge in [0.1, 0.15) is 18.7 Å². The van der Waals surface area contributed by atoms with Gasteiger partial charge in [0, 0.05) is 5.56 Å². The van der Waals surface area contributed by atoms with E-state index in [9.17, 15) is 0 Å². The third kappa shape index (κ3) is 3.52. The Morgan fingerprint density at radius 2 is 1.71 bits per heavy atom. The topological polar surface area (TPSA) is 70.1 Å². The van der Waals surface area contributed by atoms with E-state index in [1.807, 2.05) is 47.1 Å². The molecule has 7 rings (SSSR count). The van der Waals surface area contributed by atoms with Gasteiger partial charge in [-0.25, -0.2) is 19.2 Å². The third-order valence-corrected chi connectivity index (χ3v) is 6.59. The van der Waals surface area contributed by atoms with Gasteiger partial charge in [0.15, 0.2) is 17.1 Å². The van der Waals surface area contributed by atoms with Gasteiger partial charge in [-0.3, -0.25) is 0 Å². The van der Waals surface area contributed by atoms with Crippen LogP contribution in [0.2, 0.25) is 0 Å². The van der Waals surface area contributed by atoms with Crippen LogP contribution in [0.15, 0.2) is 85.3 Å². The van der Waals surface area contributed by atoms with Crippen molar-refractivity contribution in [1.82, 2.24) is 29.4 Å². The molecule has 0 radical (unpaired) electrons. The Hall–Kier alpha value is -4.52. The van der Waals surface area contributed by atoms with Crippen molar-refractivity contribution in [3.63, 3.8) is 0 Å². The number of aromatic nitrogens is 6. The van der Waals surface area contributed by atoms with Crippen molar-refractivity contribution < 1.29 is 4.74 Å². The zero-order chi connectivity index (χ0) is 23.2. The number of rotatable bonds is 5. The summed E-state index contributed by atoms with van der Waals surface area (Å²) in [5.74, 6) is 1.59. The zero-order valence-electron chi connectivity index (χ0n) is 19.0. The highest BCUT2D eigenvalue weighted by atomic mass is 16.5. The molecule has 0 saturated carbocycles. The van der Waals surface area contributed by atoms with Crippen LogP contribution in [0.3, 0.4) is 0 Å². The number of benzene rings is 3. The molecule has 3 aromatic carbocycles. The van der Waals surface area contributed by atoms with Crippen molar-refractivity contribution in [1.29, 1.82) is 0 Å². The summed E-state index contributed by atoms with van der Waals surface area (Å²) in [6, 6.07) is 24.6. The SMILES string of the molecule is c1ccc(-n2ncc3c2ncn2nc(-c4ccc(COc5ccc6c(c5)CCC6)cc4)nc32)cc1. The minimum atomic E-state index is 0.529. The molecule has 0 amide bonds. The summed E-state index contributed by atoms with van der Waals surface area (Å²) < 4.78 is 9.57. The molecule has 7 nitrogen and oxygen atoms in total. The minimum absolute atomic E-state index is 0.529. The average molecular weight is 459 g/mol. The smallest absolute Gasteiger partial charge is 0.182 e. The molecule has 6 aromatic rings. The van der Waals surface area contributed by atoms with Crippen LogP contribution in [0.4, 0.5) is 0 Å². The summed E-state index contributed by atoms with van der Waals surface area (Å²) in [4.78, 5) is 9.39. The van der Waals surface area contributed by atoms with Gasteiger partial charge in [-0.05, 0) is 60.2 Å². The van der Waals surface area contributed by atoms with Gasteiger partial charge in [-0.1, -0.05) is 48.5 Å². The Labute approximate surface area is 201 Å². The van der Waals surface area contributed by atoms with E-state index in [4.69, 9.17) is 9.72 Å². The van der Waals surface area contributed by atoms with Crippen molar-refractivity contribution in [2.75, 3.05) is 0 Å². The Morgan fingerprint density at radius 1 is 0.857 bits per heavy atom. The summed E-state index contributed by atoms with van der Waals surface area (Å²) in [5, 5.41) is 10.0. The first-order valence-electron chi connectivity index (χ1n) is 11.8. The van der Waals surface area contributed by atoms with Gasteiger partial charge in [-0.15, -0.1) is 5.10 Å². The maximum absolute atomic E-state index is 6.05. The first-order valence-corrected chi connectivity index (χ1v) is 11.8. The zero-order valence-corrected chi connectivity index (χ0v) is 19.0. The first kappa shape index (κ1) is 19.9. The van der Waals surface area contributed by atoms with Gasteiger partial charge >= 0.3 is 0 Å². The van der Waals surface area contributed by atoms with Crippen LogP contribution in [0.1, 0.15) is 23.1 Å². The lowest BCUT2D eigenvalue weighted by Crippen LogP contribution is -1.98. The number of nitrogens with zero attached hydrogens (tertiary/aromatic N) is 6. The maximum Gasteiger partial charge on any atom is 0.182 e. The first-order chi connectivity index (χ1) is 17.3. The van der Waals surface area contributed by atoms with Crippen LogP contribution in [-0.4, -0.2) is 29.4 Å². The molecule has 170 valence electrons. The highest BCUT2D eigenvalue weighted by Gasteiger charge is 2.15. The van der Waals surface area contributed by atoms with E-state index >= 15 is 0 Å². The van der Waals surface area contributed by atoms with Gasteiger partial charge in [0.25, 0.3) is 0 Å². The normalized spacial score (nSPS) is 12.9. The second kappa shape index (κ2) is 8.06. The van der Waals surface area contributed by atoms with E-state index < -0.39 is 0 Å². The quantitative estimate of drug-likeness (QED) is 0.355. The Morgan fingerprint density at radius 3 is 2.60 bits per heavy atom. The second-order valence-electron chi connectivity index (χ2n) is 8.85. The highest BCUT2D eigenvalue weighted by molar-refractivity contribution is 5.90. The molecule has 0 aliphatic heterocycles. The predicted molar refractivity (Wildman–Crippen MR) is 134 cm³/mol. The van der Waals surface area contributed by atoms with E-state index in [-0.39, 0.29) is 0 Å². The van der Waals surface area contributed by atoms with Crippen molar-refractivity contribution in [3.8, 4) is 22.8 Å². The standard InChI is InChI=1S/C28H22N6O/c1-2-7-23(8-3-1)34-27-25(16-30-34)28-31-26(32-33(28)18-29-27)21-11-9-19(10-12-21)17-35-24-14-13-20-5-4-6-22(20)15-24/h1-3,7-16,18H,4-6,17H2. The largest absolute Gasteiger partial charge is 0.489 e. The van der Waals surface area contributed by atoms with Crippen LogP contribution in [0, 0.1) is 0 Å². The van der Waals surface area contributed by atoms with Gasteiger partial charge in [0.2, 0.25) is 0 Å². The van der Waals surface area contributed by atoms with Crippen molar-refractivity contribution in [3.05, 3.63) is 102 Å². The Kier molecular flexibility index (Phi) is 4.58. The average Bonchev–Trinajstić information content (AvgIpc) is 3.65. The molecule has 0 N–H and O–H groups in total. The number of para-hydroxylation sites is 1. The highest BCUT2D eigenvalue weighted by Crippen LogP contribution is 2.27. The Bertz CT molecular complexity index is 1670. The van der Waals surface area contributed by atoms with Gasteiger partial charge in [-0.2, -0.15) is 5.10 Å². The predicted octanol–water partition coefficient (Wildman–Crippen LogP) is 5.20. The van der Waals surface area contributed by atoms with Crippen molar-refractivity contribution in [2.24, 2.45) is 0 Å². The molecule has 1 aliphatic carbocycles. The van der Waals surface area contributed by atoms with Crippen LogP contribution < -0.4 is 4.74 Å². The number of ether oxygens (including phenoxy) is 1. The fourth-order valence-corrected chi connectivity index (χ4v) is 4.76. The molecule has 35 heavy (non-hydrogen) atoms. The number of fused-ring (bicyclic) bond motifs is 4. The van der Waals surface area contributed by atoms with Crippen LogP contribution in [-0.2, 0) is 19.4 Å². The van der Waals surface area contributed by atoms with Gasteiger partial charge in [0.05, 0.1) is 17.3 Å². The second-order valence-corrected chi connectivity index (χ2v) is 8.85. The van der Waals surface area contributed by atoms with Crippen LogP contribution in [0.5, 0.6) is 5.75 Å². The van der Waals surface area contributed by atoms with E-state index in [1.54, 1.807) is 17.0 Å². The molecule has 1 aliphatic rings. The fourth-order valence-electron chi connectivity index (χ4n) is 4.76. The molecular weight excluding hydrogens is 436 g/mol. The van der Waals surface area contributed by atoms with Crippen LogP contribution in [0.25, 0.3) is 33.8 Å². The van der Waals surface area contributed by atoms with E-state index in [0.717, 1.165) is 45.7 Å². The summed E-state index contributed by atoms with van der Waals surface area (Å²) in [6.07, 6.45) is 7.07. The molecule has 3 aromatic heterocycles. The molecule has 0 atom stereocenters. The number of hydrogen-bond acceptors (Lipinski definition) is 5. The summed E-state index contributed by atoms with van der Waals surface area (Å²) in [6.45, 7) is 0.529. The van der Waals surface area contributed by atoms with Crippen molar-refractivity contribution in [2.45, 2.75) is 25.9 Å². The lowest BCUT2D eigenvalue weighted by Gasteiger charge is -2.08. The fraction of sp³-hybridized carbons (Fsp3) is 0.143. The molecule has 0 fully saturated rings. The van der Waals surface area contributed by atoms with E-state index in [2.05, 4.69) is 45.5 Å². The Balaban J connectivity index is 1.14. The molecule has 7 heteroatoms. The third-order valence-electron chi connectivity index (χ3n) is 6.59. The molecular formula is C28H22N6O. The molecule has 0 saturated heterocycles. The number of aryl methyl sites for hydroxylation is 2. The molecule has 3 heterocycles. The molecule has 0 spiro atoms. The van der Waals surface area contributed by atoms with Crippen LogP contribution >= 0.6 is 0 Å². The lowest BCUT2D eigenvalue weighted by molar-refractivity contribution is 0.306. The summed E-state index contributed by atoms with van der Waals surface area (Å²) in [7, 11) is 0. The monoisotopic (exact) mass is 458 g/mol. The minimum Gasteiger partial charge on any atom is -0.489 e. The molecule has 0 bridgehead atoms. The van der Waals surface area contributed by atoms with E-state index in [0.29, 0.717) is 12.4 Å². The lowest BCUT2D eigenvalue weighted by atomic mass is 10.1. The van der Waals surface area contributed by atoms with E-state index in [1.165, 1.54) is 24.0 Å². The van der Waals surface area contributed by atoms with Crippen molar-refractivity contribution >= 4 is 16.7 Å². The van der Waals surface area contributed by atoms with Gasteiger partial charge < -0.3 is 4.74 Å². The summed E-state index contributed by atoms with van der Waals surface area (Å²) >= 11 is 0. The summed E-state index contributed by atoms with van der Waals surface area (Å²) in [5.41, 5.74) is 7.37. The maximum atomic E-state index is 6.05. The number of hydrogen-bond donors (Lipinski definition) is 0.